The second kappa shape index (κ2) is 9.36. The van der Waals surface area contributed by atoms with E-state index in [0.717, 1.165) is 23.1 Å². The van der Waals surface area contributed by atoms with Crippen LogP contribution >= 0.6 is 23.2 Å². The maximum absolute atomic E-state index is 12.5. The lowest BCUT2D eigenvalue weighted by Crippen LogP contribution is -2.49. The van der Waals surface area contributed by atoms with Crippen molar-refractivity contribution in [3.8, 4) is 11.5 Å². The molecule has 1 fully saturated rings. The molecule has 1 saturated heterocycles. The molecule has 3 rings (SSSR count). The minimum Gasteiger partial charge on any atom is -0.329 e. The van der Waals surface area contributed by atoms with Gasteiger partial charge in [-0.3, -0.25) is 9.69 Å². The molecule has 0 saturated carbocycles. The Morgan fingerprint density at radius 3 is 1.72 bits per heavy atom. The van der Waals surface area contributed by atoms with Gasteiger partial charge in [-0.2, -0.15) is 0 Å². The first-order valence-corrected chi connectivity index (χ1v) is 14.1. The van der Waals surface area contributed by atoms with Gasteiger partial charge in [0.15, 0.2) is 0 Å². The summed E-state index contributed by atoms with van der Waals surface area (Å²) in [6.45, 7) is 9.37. The number of carbonyl (C=O) groups excluding carboxylic acids is 1. The first kappa shape index (κ1) is 21.9. The van der Waals surface area contributed by atoms with Crippen molar-refractivity contribution >= 4 is 37.2 Å². The van der Waals surface area contributed by atoms with Crippen molar-refractivity contribution in [2.75, 3.05) is 26.2 Å². The van der Waals surface area contributed by atoms with Crippen molar-refractivity contribution in [1.29, 1.82) is 0 Å². The van der Waals surface area contributed by atoms with Crippen molar-refractivity contribution in [3.63, 3.8) is 0 Å². The van der Waals surface area contributed by atoms with Crippen LogP contribution in [0.3, 0.4) is 0 Å². The first-order chi connectivity index (χ1) is 13.7. The third-order valence-corrected chi connectivity index (χ3v) is 6.26. The van der Waals surface area contributed by atoms with Crippen LogP contribution in [0.25, 0.3) is 0 Å². The van der Waals surface area contributed by atoms with Gasteiger partial charge in [-0.25, -0.2) is 0 Å². The summed E-state index contributed by atoms with van der Waals surface area (Å²) in [6, 6.07) is 16.1. The second-order valence-corrected chi connectivity index (χ2v) is 14.0. The van der Waals surface area contributed by atoms with Crippen LogP contribution in [0.1, 0.15) is 17.2 Å². The van der Waals surface area contributed by atoms with Crippen LogP contribution in [0, 0.1) is 11.5 Å². The van der Waals surface area contributed by atoms with Crippen LogP contribution in [0.4, 0.5) is 0 Å². The molecule has 152 valence electrons. The molecule has 0 spiro atoms. The summed E-state index contributed by atoms with van der Waals surface area (Å²) in [5.74, 6) is 2.81. The van der Waals surface area contributed by atoms with E-state index in [1.54, 1.807) is 0 Å². The average Bonchev–Trinajstić information content (AvgIpc) is 2.69. The van der Waals surface area contributed by atoms with Gasteiger partial charge >= 0.3 is 0 Å². The number of hydrogen-bond acceptors (Lipinski definition) is 2. The van der Waals surface area contributed by atoms with Crippen LogP contribution in [0.2, 0.25) is 29.7 Å². The largest absolute Gasteiger partial charge is 0.329 e. The van der Waals surface area contributed by atoms with Crippen LogP contribution in [0.5, 0.6) is 0 Å². The molecule has 0 N–H and O–H groups in total. The highest BCUT2D eigenvalue weighted by atomic mass is 35.5. The lowest BCUT2D eigenvalue weighted by molar-refractivity contribution is -0.127. The molecule has 0 radical (unpaired) electrons. The first-order valence-electron chi connectivity index (χ1n) is 9.80. The van der Waals surface area contributed by atoms with E-state index in [0.29, 0.717) is 13.1 Å². The fraction of sp³-hybridized carbons (Fsp3) is 0.348. The maximum Gasteiger partial charge on any atom is 0.297 e. The van der Waals surface area contributed by atoms with Gasteiger partial charge in [0.25, 0.3) is 5.91 Å². The molecule has 0 atom stereocenters. The fourth-order valence-electron chi connectivity index (χ4n) is 3.41. The molecule has 0 unspecified atom stereocenters. The topological polar surface area (TPSA) is 23.6 Å². The van der Waals surface area contributed by atoms with Crippen LogP contribution < -0.4 is 0 Å². The summed E-state index contributed by atoms with van der Waals surface area (Å²) in [4.78, 5) is 16.7. The molecular weight excluding hydrogens is 419 g/mol. The third-order valence-electron chi connectivity index (χ3n) is 4.88. The molecular formula is C23H26Cl2N2OSi. The number of piperazine rings is 1. The lowest BCUT2D eigenvalue weighted by atomic mass is 9.96. The quantitative estimate of drug-likeness (QED) is 0.484. The summed E-state index contributed by atoms with van der Waals surface area (Å²) in [7, 11) is -1.55. The number of carbonyl (C=O) groups is 1. The van der Waals surface area contributed by atoms with Gasteiger partial charge in [0, 0.05) is 36.2 Å². The SMILES string of the molecule is C[Si](C)(C)C#CC(=O)N1CCN(C(c2ccc(Cl)cc2)c2ccc(Cl)cc2)CC1. The lowest BCUT2D eigenvalue weighted by Gasteiger charge is -2.39. The van der Waals surface area contributed by atoms with Gasteiger partial charge in [-0.1, -0.05) is 67.1 Å². The van der Waals surface area contributed by atoms with Crippen LogP contribution in [0.15, 0.2) is 48.5 Å². The summed E-state index contributed by atoms with van der Waals surface area (Å²) >= 11 is 12.2. The summed E-state index contributed by atoms with van der Waals surface area (Å²) in [6.07, 6.45) is 0. The molecule has 6 heteroatoms. The van der Waals surface area contributed by atoms with Crippen molar-refractivity contribution in [2.45, 2.75) is 25.7 Å². The summed E-state index contributed by atoms with van der Waals surface area (Å²) in [5.41, 5.74) is 5.53. The number of rotatable bonds is 3. The Balaban J connectivity index is 1.78. The highest BCUT2D eigenvalue weighted by molar-refractivity contribution is 6.84. The molecule has 1 amide bonds. The molecule has 2 aromatic carbocycles. The Kier molecular flexibility index (Phi) is 7.08. The van der Waals surface area contributed by atoms with Gasteiger partial charge in [0.2, 0.25) is 0 Å². The fourth-order valence-corrected chi connectivity index (χ4v) is 4.14. The van der Waals surface area contributed by atoms with Gasteiger partial charge in [0.1, 0.15) is 8.07 Å². The normalized spacial score (nSPS) is 15.2. The number of benzene rings is 2. The Bertz CT molecular complexity index is 858. The Morgan fingerprint density at radius 2 is 1.31 bits per heavy atom. The van der Waals surface area contributed by atoms with E-state index >= 15 is 0 Å². The van der Waals surface area contributed by atoms with E-state index in [1.807, 2.05) is 29.2 Å². The Morgan fingerprint density at radius 1 is 0.862 bits per heavy atom. The standard InChI is InChI=1S/C23H26Cl2N2OSi/c1-29(2,3)17-12-22(28)26-13-15-27(16-14-26)23(18-4-8-20(24)9-5-18)19-6-10-21(25)11-7-19/h4-11,23H,13-16H2,1-3H3. The van der Waals surface area contributed by atoms with Crippen LogP contribution in [-0.4, -0.2) is 50.0 Å². The smallest absolute Gasteiger partial charge is 0.297 e. The maximum atomic E-state index is 12.5. The predicted octanol–water partition coefficient (Wildman–Crippen LogP) is 5.11. The third kappa shape index (κ3) is 6.10. The number of nitrogens with zero attached hydrogens (tertiary/aromatic N) is 2. The highest BCUT2D eigenvalue weighted by Gasteiger charge is 2.28. The zero-order valence-corrected chi connectivity index (χ0v) is 19.6. The van der Waals surface area contributed by atoms with Crippen molar-refractivity contribution in [3.05, 3.63) is 69.7 Å². The molecule has 1 heterocycles. The minimum atomic E-state index is -1.55. The van der Waals surface area contributed by atoms with Crippen molar-refractivity contribution < 1.29 is 4.79 Å². The number of hydrogen-bond donors (Lipinski definition) is 0. The molecule has 0 aromatic heterocycles. The summed E-state index contributed by atoms with van der Waals surface area (Å²) in [5, 5.41) is 1.44. The Hall–Kier alpha value is -1.77. The molecule has 2 aromatic rings. The van der Waals surface area contributed by atoms with Crippen molar-refractivity contribution in [1.82, 2.24) is 9.80 Å². The van der Waals surface area contributed by atoms with E-state index in [4.69, 9.17) is 23.2 Å². The van der Waals surface area contributed by atoms with E-state index in [9.17, 15) is 4.79 Å². The highest BCUT2D eigenvalue weighted by Crippen LogP contribution is 2.31. The van der Waals surface area contributed by atoms with Gasteiger partial charge in [0.05, 0.1) is 6.04 Å². The second-order valence-electron chi connectivity index (χ2n) is 8.33. The van der Waals surface area contributed by atoms with Crippen LogP contribution in [-0.2, 0) is 4.79 Å². The zero-order valence-electron chi connectivity index (χ0n) is 17.1. The molecule has 0 aliphatic carbocycles. The van der Waals surface area contributed by atoms with Gasteiger partial charge in [-0.05, 0) is 41.3 Å². The predicted molar refractivity (Wildman–Crippen MR) is 124 cm³/mol. The average molecular weight is 445 g/mol. The minimum absolute atomic E-state index is 0.0541. The van der Waals surface area contributed by atoms with E-state index in [1.165, 1.54) is 11.1 Å². The number of halogens is 2. The molecule has 0 bridgehead atoms. The monoisotopic (exact) mass is 444 g/mol. The summed E-state index contributed by atoms with van der Waals surface area (Å²) < 4.78 is 0. The molecule has 29 heavy (non-hydrogen) atoms. The van der Waals surface area contributed by atoms with E-state index in [2.05, 4.69) is 60.3 Å². The van der Waals surface area contributed by atoms with E-state index in [-0.39, 0.29) is 11.9 Å². The van der Waals surface area contributed by atoms with Crippen molar-refractivity contribution in [2.24, 2.45) is 0 Å². The molecule has 1 aliphatic rings. The van der Waals surface area contributed by atoms with Gasteiger partial charge < -0.3 is 4.90 Å². The molecule has 3 nitrogen and oxygen atoms in total. The number of amides is 1. The van der Waals surface area contributed by atoms with Gasteiger partial charge in [-0.15, -0.1) is 5.54 Å². The Labute approximate surface area is 184 Å². The van der Waals surface area contributed by atoms with E-state index < -0.39 is 8.07 Å². The zero-order chi connectivity index (χ0) is 21.0. The molecule has 1 aliphatic heterocycles.